The standard InChI is InChI=1S/C16H22N4S/c1-19(2)9-6-10-20(3)16-13(15(17)21)11-12-7-4-5-8-14(12)18-16/h4-5,7-8,11H,6,9-10H2,1-3H3,(H2,17,21). The van der Waals surface area contributed by atoms with Crippen LogP contribution in [0.2, 0.25) is 0 Å². The van der Waals surface area contributed by atoms with Crippen molar-refractivity contribution in [1.29, 1.82) is 0 Å². The van der Waals surface area contributed by atoms with Gasteiger partial charge in [0.1, 0.15) is 10.8 Å². The Balaban J connectivity index is 2.31. The molecule has 2 rings (SSSR count). The molecule has 0 spiro atoms. The molecular weight excluding hydrogens is 280 g/mol. The molecule has 0 unspecified atom stereocenters. The molecule has 5 heteroatoms. The zero-order valence-corrected chi connectivity index (χ0v) is 13.7. The molecule has 0 amide bonds. The van der Waals surface area contributed by atoms with E-state index in [0.717, 1.165) is 41.8 Å². The van der Waals surface area contributed by atoms with Crippen LogP contribution in [0.3, 0.4) is 0 Å². The summed E-state index contributed by atoms with van der Waals surface area (Å²) in [5, 5.41) is 1.06. The van der Waals surface area contributed by atoms with Crippen LogP contribution in [0.15, 0.2) is 30.3 Å². The fraction of sp³-hybridized carbons (Fsp3) is 0.375. The fourth-order valence-electron chi connectivity index (χ4n) is 2.31. The summed E-state index contributed by atoms with van der Waals surface area (Å²) >= 11 is 5.19. The van der Waals surface area contributed by atoms with Crippen LogP contribution in [0, 0.1) is 0 Å². The molecule has 0 atom stereocenters. The maximum atomic E-state index is 5.88. The van der Waals surface area contributed by atoms with Crippen molar-refractivity contribution >= 4 is 33.9 Å². The van der Waals surface area contributed by atoms with Gasteiger partial charge in [0.2, 0.25) is 0 Å². The highest BCUT2D eigenvalue weighted by atomic mass is 32.1. The Morgan fingerprint density at radius 2 is 1.90 bits per heavy atom. The molecule has 0 aliphatic rings. The number of benzene rings is 1. The van der Waals surface area contributed by atoms with Crippen molar-refractivity contribution in [3.8, 4) is 0 Å². The lowest BCUT2D eigenvalue weighted by Crippen LogP contribution is -2.26. The number of anilines is 1. The number of aromatic nitrogens is 1. The molecule has 0 radical (unpaired) electrons. The highest BCUT2D eigenvalue weighted by molar-refractivity contribution is 7.80. The number of para-hydroxylation sites is 1. The Morgan fingerprint density at radius 1 is 1.19 bits per heavy atom. The number of pyridine rings is 1. The van der Waals surface area contributed by atoms with Crippen molar-refractivity contribution in [1.82, 2.24) is 9.88 Å². The van der Waals surface area contributed by atoms with Crippen LogP contribution in [0.25, 0.3) is 10.9 Å². The first-order valence-corrected chi connectivity index (χ1v) is 7.45. The van der Waals surface area contributed by atoms with Gasteiger partial charge in [-0.05, 0) is 39.2 Å². The molecule has 0 aliphatic heterocycles. The lowest BCUT2D eigenvalue weighted by molar-refractivity contribution is 0.401. The van der Waals surface area contributed by atoms with Crippen LogP contribution >= 0.6 is 12.2 Å². The molecule has 0 fully saturated rings. The van der Waals surface area contributed by atoms with E-state index < -0.39 is 0 Å². The molecule has 1 aromatic carbocycles. The van der Waals surface area contributed by atoms with Crippen molar-refractivity contribution in [2.24, 2.45) is 5.73 Å². The van der Waals surface area contributed by atoms with E-state index in [1.54, 1.807) is 0 Å². The van der Waals surface area contributed by atoms with Crippen molar-refractivity contribution in [3.05, 3.63) is 35.9 Å². The largest absolute Gasteiger partial charge is 0.389 e. The average Bonchev–Trinajstić information content (AvgIpc) is 2.45. The molecule has 112 valence electrons. The van der Waals surface area contributed by atoms with Crippen LogP contribution in [0.5, 0.6) is 0 Å². The number of hydrogen-bond acceptors (Lipinski definition) is 4. The molecule has 1 heterocycles. The molecule has 4 nitrogen and oxygen atoms in total. The average molecular weight is 302 g/mol. The maximum absolute atomic E-state index is 5.88. The predicted molar refractivity (Wildman–Crippen MR) is 94.1 cm³/mol. The van der Waals surface area contributed by atoms with Crippen molar-refractivity contribution in [3.63, 3.8) is 0 Å². The monoisotopic (exact) mass is 302 g/mol. The first kappa shape index (κ1) is 15.7. The van der Waals surface area contributed by atoms with E-state index in [0.29, 0.717) is 4.99 Å². The van der Waals surface area contributed by atoms with Crippen molar-refractivity contribution in [2.45, 2.75) is 6.42 Å². The fourth-order valence-corrected chi connectivity index (χ4v) is 2.46. The molecule has 21 heavy (non-hydrogen) atoms. The first-order chi connectivity index (χ1) is 9.99. The van der Waals surface area contributed by atoms with Gasteiger partial charge in [-0.25, -0.2) is 4.98 Å². The van der Waals surface area contributed by atoms with Crippen LogP contribution in [-0.4, -0.2) is 49.1 Å². The molecule has 0 aliphatic carbocycles. The zero-order valence-electron chi connectivity index (χ0n) is 12.8. The number of nitrogens with two attached hydrogens (primary N) is 1. The highest BCUT2D eigenvalue weighted by Crippen LogP contribution is 2.23. The second kappa shape index (κ2) is 6.83. The molecule has 2 N–H and O–H groups in total. The summed E-state index contributed by atoms with van der Waals surface area (Å²) in [6, 6.07) is 10.1. The van der Waals surface area contributed by atoms with Gasteiger partial charge in [0.05, 0.1) is 11.1 Å². The molecule has 2 aromatic rings. The Bertz CT molecular complexity index is 639. The molecule has 0 saturated heterocycles. The minimum Gasteiger partial charge on any atom is -0.389 e. The summed E-state index contributed by atoms with van der Waals surface area (Å²) in [5.74, 6) is 0.861. The summed E-state index contributed by atoms with van der Waals surface area (Å²) in [6.07, 6.45) is 1.06. The third-order valence-electron chi connectivity index (χ3n) is 3.43. The summed E-state index contributed by atoms with van der Waals surface area (Å²) < 4.78 is 0. The quantitative estimate of drug-likeness (QED) is 0.829. The van der Waals surface area contributed by atoms with Gasteiger partial charge in [-0.15, -0.1) is 0 Å². The Hall–Kier alpha value is -1.72. The molecule has 0 bridgehead atoms. The van der Waals surface area contributed by atoms with Gasteiger partial charge in [0.25, 0.3) is 0 Å². The zero-order chi connectivity index (χ0) is 15.4. The SMILES string of the molecule is CN(C)CCCN(C)c1nc2ccccc2cc1C(N)=S. The maximum Gasteiger partial charge on any atom is 0.139 e. The number of nitrogens with zero attached hydrogens (tertiary/aromatic N) is 3. The molecular formula is C16H22N4S. The minimum absolute atomic E-state index is 0.391. The topological polar surface area (TPSA) is 45.4 Å². The van der Waals surface area contributed by atoms with Crippen LogP contribution < -0.4 is 10.6 Å². The summed E-state index contributed by atoms with van der Waals surface area (Å²) in [6.45, 7) is 1.96. The van der Waals surface area contributed by atoms with Crippen LogP contribution in [-0.2, 0) is 0 Å². The van der Waals surface area contributed by atoms with E-state index in [-0.39, 0.29) is 0 Å². The Morgan fingerprint density at radius 3 is 2.57 bits per heavy atom. The molecule has 1 aromatic heterocycles. The van der Waals surface area contributed by atoms with E-state index in [9.17, 15) is 0 Å². The lowest BCUT2D eigenvalue weighted by atomic mass is 10.1. The van der Waals surface area contributed by atoms with Gasteiger partial charge < -0.3 is 15.5 Å². The van der Waals surface area contributed by atoms with Gasteiger partial charge in [-0.3, -0.25) is 0 Å². The second-order valence-electron chi connectivity index (χ2n) is 5.49. The summed E-state index contributed by atoms with van der Waals surface area (Å²) in [5.41, 5.74) is 7.69. The van der Waals surface area contributed by atoms with Crippen LogP contribution in [0.1, 0.15) is 12.0 Å². The van der Waals surface area contributed by atoms with Crippen molar-refractivity contribution in [2.75, 3.05) is 39.1 Å². The normalized spacial score (nSPS) is 11.0. The molecule has 0 saturated carbocycles. The minimum atomic E-state index is 0.391. The Kier molecular flexibility index (Phi) is 5.09. The van der Waals surface area contributed by atoms with E-state index in [2.05, 4.69) is 23.9 Å². The highest BCUT2D eigenvalue weighted by Gasteiger charge is 2.13. The lowest BCUT2D eigenvalue weighted by Gasteiger charge is -2.22. The van der Waals surface area contributed by atoms with Gasteiger partial charge in [0.15, 0.2) is 0 Å². The van der Waals surface area contributed by atoms with Gasteiger partial charge in [-0.1, -0.05) is 30.4 Å². The van der Waals surface area contributed by atoms with Crippen LogP contribution in [0.4, 0.5) is 5.82 Å². The first-order valence-electron chi connectivity index (χ1n) is 7.04. The number of thiocarbonyl (C=S) groups is 1. The van der Waals surface area contributed by atoms with Gasteiger partial charge in [0, 0.05) is 19.0 Å². The van der Waals surface area contributed by atoms with Gasteiger partial charge in [-0.2, -0.15) is 0 Å². The number of fused-ring (bicyclic) bond motifs is 1. The summed E-state index contributed by atoms with van der Waals surface area (Å²) in [7, 11) is 6.19. The van der Waals surface area contributed by atoms with E-state index in [4.69, 9.17) is 22.9 Å². The van der Waals surface area contributed by atoms with E-state index in [1.807, 2.05) is 37.4 Å². The van der Waals surface area contributed by atoms with E-state index >= 15 is 0 Å². The third kappa shape index (κ3) is 3.89. The number of hydrogen-bond donors (Lipinski definition) is 1. The smallest absolute Gasteiger partial charge is 0.139 e. The third-order valence-corrected chi connectivity index (χ3v) is 3.65. The Labute approximate surface area is 131 Å². The predicted octanol–water partition coefficient (Wildman–Crippen LogP) is 2.26. The van der Waals surface area contributed by atoms with Gasteiger partial charge >= 0.3 is 0 Å². The van der Waals surface area contributed by atoms with Crippen molar-refractivity contribution < 1.29 is 0 Å². The number of rotatable bonds is 6. The second-order valence-corrected chi connectivity index (χ2v) is 5.93. The summed E-state index contributed by atoms with van der Waals surface area (Å²) in [4.78, 5) is 9.44. The van der Waals surface area contributed by atoms with E-state index in [1.165, 1.54) is 0 Å².